The Hall–Kier alpha value is -0.570. The van der Waals surface area contributed by atoms with Crippen molar-refractivity contribution < 1.29 is 4.79 Å². The zero-order valence-electron chi connectivity index (χ0n) is 9.60. The van der Waals surface area contributed by atoms with Crippen molar-refractivity contribution >= 4 is 5.91 Å². The molecule has 0 aromatic carbocycles. The third-order valence-electron chi connectivity index (χ3n) is 2.90. The van der Waals surface area contributed by atoms with Gasteiger partial charge in [0.2, 0.25) is 5.91 Å². The molecule has 0 atom stereocenters. The molecule has 0 radical (unpaired) electrons. The summed E-state index contributed by atoms with van der Waals surface area (Å²) in [6, 6.07) is 0. The van der Waals surface area contributed by atoms with Crippen LogP contribution in [0.1, 0.15) is 32.6 Å². The number of amides is 1. The Kier molecular flexibility index (Phi) is 3.93. The highest BCUT2D eigenvalue weighted by molar-refractivity contribution is 5.75. The number of nitrogens with zero attached hydrogens (tertiary/aromatic N) is 1. The van der Waals surface area contributed by atoms with Crippen LogP contribution in [0.25, 0.3) is 0 Å². The van der Waals surface area contributed by atoms with Crippen LogP contribution in [0.3, 0.4) is 0 Å². The fourth-order valence-electron chi connectivity index (χ4n) is 1.37. The van der Waals surface area contributed by atoms with E-state index in [0.717, 1.165) is 19.5 Å². The third-order valence-corrected chi connectivity index (χ3v) is 2.90. The number of nitrogens with one attached hydrogen (secondary N) is 1. The van der Waals surface area contributed by atoms with Crippen molar-refractivity contribution in [2.45, 2.75) is 32.6 Å². The van der Waals surface area contributed by atoms with Gasteiger partial charge in [0.05, 0.1) is 0 Å². The van der Waals surface area contributed by atoms with Crippen molar-refractivity contribution in [2.24, 2.45) is 5.41 Å². The van der Waals surface area contributed by atoms with Crippen LogP contribution < -0.4 is 5.32 Å². The van der Waals surface area contributed by atoms with Gasteiger partial charge in [-0.15, -0.1) is 0 Å². The lowest BCUT2D eigenvalue weighted by molar-refractivity contribution is -0.128. The first-order valence-corrected chi connectivity index (χ1v) is 5.44. The normalized spacial score (nSPS) is 17.9. The standard InChI is InChI=1S/C11H22N2O/c1-11(6-7-11)9-12-8-4-5-10(14)13(2)3/h12H,4-9H2,1-3H3. The van der Waals surface area contributed by atoms with Gasteiger partial charge in [-0.25, -0.2) is 0 Å². The van der Waals surface area contributed by atoms with Gasteiger partial charge >= 0.3 is 0 Å². The Morgan fingerprint density at radius 3 is 2.57 bits per heavy atom. The monoisotopic (exact) mass is 198 g/mol. The van der Waals surface area contributed by atoms with E-state index in [1.807, 2.05) is 0 Å². The summed E-state index contributed by atoms with van der Waals surface area (Å²) in [4.78, 5) is 12.9. The van der Waals surface area contributed by atoms with E-state index < -0.39 is 0 Å². The Morgan fingerprint density at radius 2 is 2.07 bits per heavy atom. The van der Waals surface area contributed by atoms with Crippen molar-refractivity contribution in [1.29, 1.82) is 0 Å². The Balaban J connectivity index is 1.91. The second-order valence-electron chi connectivity index (χ2n) is 4.88. The smallest absolute Gasteiger partial charge is 0.222 e. The van der Waals surface area contributed by atoms with Crippen molar-refractivity contribution in [1.82, 2.24) is 10.2 Å². The van der Waals surface area contributed by atoms with Gasteiger partial charge in [-0.05, 0) is 31.2 Å². The molecule has 14 heavy (non-hydrogen) atoms. The number of hydrogen-bond donors (Lipinski definition) is 1. The van der Waals surface area contributed by atoms with Gasteiger partial charge in [0, 0.05) is 27.1 Å². The summed E-state index contributed by atoms with van der Waals surface area (Å²) in [5.74, 6) is 0.226. The number of hydrogen-bond acceptors (Lipinski definition) is 2. The van der Waals surface area contributed by atoms with E-state index >= 15 is 0 Å². The van der Waals surface area contributed by atoms with E-state index in [0.29, 0.717) is 11.8 Å². The molecular formula is C11H22N2O. The molecule has 82 valence electrons. The lowest BCUT2D eigenvalue weighted by Gasteiger charge is -2.11. The summed E-state index contributed by atoms with van der Waals surface area (Å²) < 4.78 is 0. The summed E-state index contributed by atoms with van der Waals surface area (Å²) in [6.07, 6.45) is 4.33. The average Bonchev–Trinajstić information content (AvgIpc) is 2.83. The zero-order chi connectivity index (χ0) is 10.6. The quantitative estimate of drug-likeness (QED) is 0.651. The maximum absolute atomic E-state index is 11.2. The van der Waals surface area contributed by atoms with Gasteiger partial charge in [0.15, 0.2) is 0 Å². The van der Waals surface area contributed by atoms with Crippen LogP contribution in [0.5, 0.6) is 0 Å². The fourth-order valence-corrected chi connectivity index (χ4v) is 1.37. The van der Waals surface area contributed by atoms with E-state index in [2.05, 4.69) is 12.2 Å². The second kappa shape index (κ2) is 4.78. The highest BCUT2D eigenvalue weighted by Crippen LogP contribution is 2.43. The first-order chi connectivity index (χ1) is 6.53. The minimum absolute atomic E-state index is 0.226. The summed E-state index contributed by atoms with van der Waals surface area (Å²) in [7, 11) is 3.61. The van der Waals surface area contributed by atoms with Crippen molar-refractivity contribution in [3.05, 3.63) is 0 Å². The first-order valence-electron chi connectivity index (χ1n) is 5.44. The summed E-state index contributed by atoms with van der Waals surface area (Å²) in [6.45, 7) is 4.39. The number of rotatable bonds is 6. The molecule has 1 amide bonds. The van der Waals surface area contributed by atoms with Crippen LogP contribution in [-0.4, -0.2) is 38.0 Å². The van der Waals surface area contributed by atoms with Gasteiger partial charge in [-0.3, -0.25) is 4.79 Å². The Labute approximate surface area is 86.9 Å². The molecule has 1 fully saturated rings. The van der Waals surface area contributed by atoms with Crippen LogP contribution in [0.15, 0.2) is 0 Å². The highest BCUT2D eigenvalue weighted by atomic mass is 16.2. The van der Waals surface area contributed by atoms with Gasteiger partial charge in [0.25, 0.3) is 0 Å². The summed E-state index contributed by atoms with van der Waals surface area (Å²) in [5.41, 5.74) is 0.575. The van der Waals surface area contributed by atoms with Gasteiger partial charge < -0.3 is 10.2 Å². The largest absolute Gasteiger partial charge is 0.349 e. The van der Waals surface area contributed by atoms with E-state index in [1.54, 1.807) is 19.0 Å². The third kappa shape index (κ3) is 4.09. The molecule has 1 rings (SSSR count). The van der Waals surface area contributed by atoms with Crippen LogP contribution >= 0.6 is 0 Å². The van der Waals surface area contributed by atoms with Gasteiger partial charge in [-0.2, -0.15) is 0 Å². The molecule has 3 heteroatoms. The van der Waals surface area contributed by atoms with Crippen LogP contribution in [0.4, 0.5) is 0 Å². The summed E-state index contributed by atoms with van der Waals surface area (Å²) in [5, 5.41) is 3.41. The predicted molar refractivity (Wildman–Crippen MR) is 58.1 cm³/mol. The molecule has 0 aromatic rings. The molecule has 0 heterocycles. The molecule has 1 aliphatic carbocycles. The minimum atomic E-state index is 0.226. The zero-order valence-corrected chi connectivity index (χ0v) is 9.60. The fraction of sp³-hybridized carbons (Fsp3) is 0.909. The molecule has 1 aliphatic rings. The van der Waals surface area contributed by atoms with Gasteiger partial charge in [-0.1, -0.05) is 6.92 Å². The predicted octanol–water partition coefficient (Wildman–Crippen LogP) is 1.24. The first kappa shape index (κ1) is 11.5. The second-order valence-corrected chi connectivity index (χ2v) is 4.88. The molecule has 3 nitrogen and oxygen atoms in total. The topological polar surface area (TPSA) is 32.3 Å². The molecule has 1 N–H and O–H groups in total. The molecule has 0 unspecified atom stereocenters. The van der Waals surface area contributed by atoms with Crippen molar-refractivity contribution in [3.63, 3.8) is 0 Å². The highest BCUT2D eigenvalue weighted by Gasteiger charge is 2.36. The van der Waals surface area contributed by atoms with Gasteiger partial charge in [0.1, 0.15) is 0 Å². The molecule has 0 aromatic heterocycles. The lowest BCUT2D eigenvalue weighted by atomic mass is 10.1. The van der Waals surface area contributed by atoms with Crippen LogP contribution in [-0.2, 0) is 4.79 Å². The Bertz CT molecular complexity index is 197. The molecular weight excluding hydrogens is 176 g/mol. The minimum Gasteiger partial charge on any atom is -0.349 e. The van der Waals surface area contributed by atoms with E-state index in [4.69, 9.17) is 0 Å². The van der Waals surface area contributed by atoms with E-state index in [1.165, 1.54) is 12.8 Å². The maximum Gasteiger partial charge on any atom is 0.222 e. The maximum atomic E-state index is 11.2. The molecule has 0 saturated heterocycles. The molecule has 0 spiro atoms. The number of carbonyl (C=O) groups excluding carboxylic acids is 1. The van der Waals surface area contributed by atoms with E-state index in [-0.39, 0.29) is 5.91 Å². The SMILES string of the molecule is CN(C)C(=O)CCCNCC1(C)CC1. The molecule has 0 aliphatic heterocycles. The Morgan fingerprint density at radius 1 is 1.43 bits per heavy atom. The molecule has 1 saturated carbocycles. The lowest BCUT2D eigenvalue weighted by Crippen LogP contribution is -2.26. The number of carbonyl (C=O) groups is 1. The van der Waals surface area contributed by atoms with Crippen molar-refractivity contribution in [2.75, 3.05) is 27.2 Å². The van der Waals surface area contributed by atoms with E-state index in [9.17, 15) is 4.79 Å². The van der Waals surface area contributed by atoms with Crippen LogP contribution in [0, 0.1) is 5.41 Å². The average molecular weight is 198 g/mol. The van der Waals surface area contributed by atoms with Crippen LogP contribution in [0.2, 0.25) is 0 Å². The van der Waals surface area contributed by atoms with Crippen molar-refractivity contribution in [3.8, 4) is 0 Å². The molecule has 0 bridgehead atoms. The summed E-state index contributed by atoms with van der Waals surface area (Å²) >= 11 is 0.